The molecule has 0 aromatic heterocycles. The standard InChI is InChI=1S/C28H24N4O5/c33-17-11-14-29(15-12-17)31-25(34)18-7-9-20-24-21(10-8-19(23(18)24)26(31)35)28(37)32(27(20)36)30-13-3-5-16-4-1-2-6-22(16)30/h1-2,4,6-10,17,33H,3,5,11-15H2. The first-order valence-electron chi connectivity index (χ1n) is 12.6. The molecule has 0 bridgehead atoms. The number of aryl methyl sites for hydroxylation is 1. The Morgan fingerprint density at radius 3 is 1.73 bits per heavy atom. The Morgan fingerprint density at radius 1 is 0.649 bits per heavy atom. The number of fused-ring (bicyclic) bond motifs is 1. The minimum atomic E-state index is -0.482. The average Bonchev–Trinajstić information content (AvgIpc) is 2.92. The maximum Gasteiger partial charge on any atom is 0.280 e. The maximum absolute atomic E-state index is 13.8. The molecule has 0 spiro atoms. The number of hydrogen-bond acceptors (Lipinski definition) is 7. The van der Waals surface area contributed by atoms with Crippen LogP contribution in [0.4, 0.5) is 5.69 Å². The van der Waals surface area contributed by atoms with E-state index in [1.165, 1.54) is 5.01 Å². The van der Waals surface area contributed by atoms with Gasteiger partial charge in [0, 0.05) is 30.4 Å². The lowest BCUT2D eigenvalue weighted by Gasteiger charge is -2.42. The summed E-state index contributed by atoms with van der Waals surface area (Å²) in [6, 6.07) is 14.1. The van der Waals surface area contributed by atoms with Gasteiger partial charge in [-0.15, -0.1) is 0 Å². The van der Waals surface area contributed by atoms with Crippen molar-refractivity contribution >= 4 is 40.1 Å². The predicted molar refractivity (Wildman–Crippen MR) is 134 cm³/mol. The molecule has 4 heterocycles. The summed E-state index contributed by atoms with van der Waals surface area (Å²) in [6.07, 6.45) is 2.17. The second kappa shape index (κ2) is 7.96. The van der Waals surface area contributed by atoms with E-state index in [9.17, 15) is 24.3 Å². The number of benzene rings is 3. The second-order valence-electron chi connectivity index (χ2n) is 9.96. The molecule has 3 aromatic rings. The molecule has 0 radical (unpaired) electrons. The van der Waals surface area contributed by atoms with E-state index in [0.717, 1.165) is 29.1 Å². The number of aliphatic hydroxyl groups is 1. The van der Waals surface area contributed by atoms with Crippen molar-refractivity contribution < 1.29 is 24.3 Å². The lowest BCUT2D eigenvalue weighted by Crippen LogP contribution is -2.55. The molecule has 1 N–H and O–H groups in total. The molecule has 9 heteroatoms. The summed E-state index contributed by atoms with van der Waals surface area (Å²) in [6.45, 7) is 1.30. The molecule has 0 atom stereocenters. The minimum absolute atomic E-state index is 0.290. The number of imide groups is 2. The van der Waals surface area contributed by atoms with Gasteiger partial charge in [-0.1, -0.05) is 18.2 Å². The predicted octanol–water partition coefficient (Wildman–Crippen LogP) is 2.77. The Balaban J connectivity index is 1.34. The van der Waals surface area contributed by atoms with Crippen LogP contribution in [0.1, 0.15) is 66.3 Å². The third-order valence-electron chi connectivity index (χ3n) is 7.90. The molecule has 0 aliphatic carbocycles. The van der Waals surface area contributed by atoms with Crippen LogP contribution in [0.15, 0.2) is 48.5 Å². The van der Waals surface area contributed by atoms with Crippen LogP contribution in [0.3, 0.4) is 0 Å². The summed E-state index contributed by atoms with van der Waals surface area (Å²) in [7, 11) is 0. The number of hydrogen-bond donors (Lipinski definition) is 1. The highest BCUT2D eigenvalue weighted by Crippen LogP contribution is 2.40. The van der Waals surface area contributed by atoms with E-state index in [1.807, 2.05) is 24.3 Å². The molecule has 186 valence electrons. The maximum atomic E-state index is 13.8. The van der Waals surface area contributed by atoms with Crippen molar-refractivity contribution in [2.24, 2.45) is 0 Å². The quantitative estimate of drug-likeness (QED) is 0.545. The number of para-hydroxylation sites is 1. The largest absolute Gasteiger partial charge is 0.393 e. The first kappa shape index (κ1) is 22.1. The number of amides is 4. The minimum Gasteiger partial charge on any atom is -0.393 e. The number of hydrazine groups is 2. The van der Waals surface area contributed by atoms with Gasteiger partial charge in [0.15, 0.2) is 0 Å². The zero-order chi connectivity index (χ0) is 25.4. The first-order valence-corrected chi connectivity index (χ1v) is 12.6. The van der Waals surface area contributed by atoms with Crippen molar-refractivity contribution in [1.29, 1.82) is 0 Å². The molecule has 4 amide bonds. The SMILES string of the molecule is O=C1c2ccc3c4c(ccc(c24)C(=O)N1N1CCC(O)CC1)C(=O)N(N1CCCc2ccccc21)C3=O. The Bertz CT molecular complexity index is 1470. The van der Waals surface area contributed by atoms with Crippen LogP contribution in [0.5, 0.6) is 0 Å². The van der Waals surface area contributed by atoms with Gasteiger partial charge in [0.05, 0.1) is 34.0 Å². The monoisotopic (exact) mass is 496 g/mol. The lowest BCUT2D eigenvalue weighted by atomic mass is 9.86. The summed E-state index contributed by atoms with van der Waals surface area (Å²) >= 11 is 0. The molecule has 7 rings (SSSR count). The first-order chi connectivity index (χ1) is 18.0. The highest BCUT2D eigenvalue weighted by molar-refractivity contribution is 6.33. The topological polar surface area (TPSA) is 101 Å². The van der Waals surface area contributed by atoms with E-state index in [2.05, 4.69) is 0 Å². The van der Waals surface area contributed by atoms with Crippen LogP contribution in [0.2, 0.25) is 0 Å². The average molecular weight is 497 g/mol. The van der Waals surface area contributed by atoms with Gasteiger partial charge in [-0.3, -0.25) is 24.2 Å². The summed E-state index contributed by atoms with van der Waals surface area (Å²) in [5.74, 6) is -1.90. The summed E-state index contributed by atoms with van der Waals surface area (Å²) in [4.78, 5) is 54.7. The van der Waals surface area contributed by atoms with Crippen LogP contribution < -0.4 is 5.01 Å². The number of rotatable bonds is 2. The van der Waals surface area contributed by atoms with E-state index in [-0.39, 0.29) is 0 Å². The molecule has 0 unspecified atom stereocenters. The van der Waals surface area contributed by atoms with Crippen molar-refractivity contribution in [2.75, 3.05) is 24.6 Å². The van der Waals surface area contributed by atoms with Crippen LogP contribution in [-0.2, 0) is 6.42 Å². The van der Waals surface area contributed by atoms with Crippen molar-refractivity contribution in [2.45, 2.75) is 31.8 Å². The molecule has 9 nitrogen and oxygen atoms in total. The Hall–Kier alpha value is -4.08. The summed E-state index contributed by atoms with van der Waals surface area (Å²) in [5.41, 5.74) is 3.09. The highest BCUT2D eigenvalue weighted by atomic mass is 16.3. The molecule has 1 saturated heterocycles. The zero-order valence-corrected chi connectivity index (χ0v) is 20.0. The normalized spacial score (nSPS) is 20.2. The van der Waals surface area contributed by atoms with Crippen LogP contribution in [0.25, 0.3) is 10.8 Å². The van der Waals surface area contributed by atoms with E-state index in [1.54, 1.807) is 34.3 Å². The fraction of sp³-hybridized carbons (Fsp3) is 0.286. The van der Waals surface area contributed by atoms with Gasteiger partial charge >= 0.3 is 0 Å². The van der Waals surface area contributed by atoms with Gasteiger partial charge in [-0.2, -0.15) is 5.01 Å². The third-order valence-corrected chi connectivity index (χ3v) is 7.90. The van der Waals surface area contributed by atoms with Gasteiger partial charge in [-0.05, 0) is 61.6 Å². The Morgan fingerprint density at radius 2 is 1.16 bits per heavy atom. The molecule has 0 saturated carbocycles. The summed E-state index contributed by atoms with van der Waals surface area (Å²) in [5, 5.41) is 16.4. The van der Waals surface area contributed by atoms with E-state index < -0.39 is 29.7 Å². The number of nitrogens with zero attached hydrogens (tertiary/aromatic N) is 4. The van der Waals surface area contributed by atoms with Crippen LogP contribution in [0, 0.1) is 0 Å². The zero-order valence-electron chi connectivity index (χ0n) is 20.0. The second-order valence-corrected chi connectivity index (χ2v) is 9.96. The lowest BCUT2D eigenvalue weighted by molar-refractivity contribution is -0.0319. The van der Waals surface area contributed by atoms with Crippen LogP contribution >= 0.6 is 0 Å². The molecule has 1 fully saturated rings. The van der Waals surface area contributed by atoms with Gasteiger partial charge in [0.25, 0.3) is 23.6 Å². The van der Waals surface area contributed by atoms with Gasteiger partial charge in [0.2, 0.25) is 0 Å². The van der Waals surface area contributed by atoms with Crippen LogP contribution in [-0.4, -0.2) is 69.5 Å². The van der Waals surface area contributed by atoms with Gasteiger partial charge in [-0.25, -0.2) is 10.0 Å². The Kier molecular flexibility index (Phi) is 4.76. The number of anilines is 1. The number of carbonyl (C=O) groups is 4. The molecule has 4 aliphatic rings. The van der Waals surface area contributed by atoms with Gasteiger partial charge in [0.1, 0.15) is 0 Å². The van der Waals surface area contributed by atoms with Crippen molar-refractivity contribution in [1.82, 2.24) is 15.0 Å². The number of aliphatic hydroxyl groups excluding tert-OH is 1. The number of carbonyl (C=O) groups excluding carboxylic acids is 4. The summed E-state index contributed by atoms with van der Waals surface area (Å²) < 4.78 is 0. The van der Waals surface area contributed by atoms with E-state index in [4.69, 9.17) is 0 Å². The molecule has 37 heavy (non-hydrogen) atoms. The fourth-order valence-corrected chi connectivity index (χ4v) is 6.10. The van der Waals surface area contributed by atoms with Gasteiger partial charge < -0.3 is 5.11 Å². The molecule has 3 aromatic carbocycles. The highest BCUT2D eigenvalue weighted by Gasteiger charge is 2.43. The number of piperidine rings is 1. The van der Waals surface area contributed by atoms with E-state index in [0.29, 0.717) is 65.5 Å². The van der Waals surface area contributed by atoms with Crippen molar-refractivity contribution in [3.63, 3.8) is 0 Å². The molecular weight excluding hydrogens is 472 g/mol. The van der Waals surface area contributed by atoms with Crippen molar-refractivity contribution in [3.05, 3.63) is 76.3 Å². The third kappa shape index (κ3) is 3.04. The van der Waals surface area contributed by atoms with Crippen molar-refractivity contribution in [3.8, 4) is 0 Å². The smallest absolute Gasteiger partial charge is 0.280 e. The van der Waals surface area contributed by atoms with E-state index >= 15 is 0 Å². The molecular formula is C28H24N4O5. The Labute approximate surface area is 212 Å². The fourth-order valence-electron chi connectivity index (χ4n) is 6.10. The molecule has 4 aliphatic heterocycles.